The molecule has 0 radical (unpaired) electrons. The number of rotatable bonds is 4. The molecule has 0 atom stereocenters. The Morgan fingerprint density at radius 1 is 0.862 bits per heavy atom. The van der Waals surface area contributed by atoms with E-state index in [-0.39, 0.29) is 18.4 Å². The first-order valence-corrected chi connectivity index (χ1v) is 9.44. The van der Waals surface area contributed by atoms with Crippen molar-refractivity contribution in [3.05, 3.63) is 101 Å². The Bertz CT molecular complexity index is 1110. The lowest BCUT2D eigenvalue weighted by Crippen LogP contribution is -2.41. The molecule has 1 aliphatic rings. The van der Waals surface area contributed by atoms with E-state index >= 15 is 0 Å². The molecule has 0 spiro atoms. The number of carbonyl (C=O) groups is 2. The Morgan fingerprint density at radius 2 is 1.59 bits per heavy atom. The van der Waals surface area contributed by atoms with Crippen LogP contribution in [0.25, 0.3) is 11.6 Å². The van der Waals surface area contributed by atoms with E-state index in [1.54, 1.807) is 13.2 Å². The molecule has 0 bridgehead atoms. The van der Waals surface area contributed by atoms with Gasteiger partial charge < -0.3 is 4.74 Å². The van der Waals surface area contributed by atoms with Crippen molar-refractivity contribution in [2.75, 3.05) is 7.11 Å². The van der Waals surface area contributed by atoms with Gasteiger partial charge in [0.2, 0.25) is 0 Å². The third kappa shape index (κ3) is 3.69. The van der Waals surface area contributed by atoms with Crippen molar-refractivity contribution in [3.8, 4) is 5.75 Å². The lowest BCUT2D eigenvalue weighted by atomic mass is 9.91. The number of hydrogen-bond donors (Lipinski definition) is 0. The molecule has 0 aliphatic carbocycles. The average molecular weight is 383 g/mol. The molecule has 4 nitrogen and oxygen atoms in total. The van der Waals surface area contributed by atoms with Gasteiger partial charge in [-0.15, -0.1) is 0 Å². The van der Waals surface area contributed by atoms with Crippen LogP contribution in [0.3, 0.4) is 0 Å². The lowest BCUT2D eigenvalue weighted by molar-refractivity contribution is -0.123. The summed E-state index contributed by atoms with van der Waals surface area (Å²) in [5.74, 6) is 0.171. The summed E-state index contributed by atoms with van der Waals surface area (Å²) in [6.45, 7) is 2.22. The molecule has 0 saturated heterocycles. The summed E-state index contributed by atoms with van der Waals surface area (Å²) in [6, 6.07) is 22.6. The molecular formula is C25H21NO3. The van der Waals surface area contributed by atoms with Crippen LogP contribution in [-0.2, 0) is 11.3 Å². The van der Waals surface area contributed by atoms with Crippen LogP contribution in [0.1, 0.15) is 32.6 Å². The van der Waals surface area contributed by atoms with Gasteiger partial charge in [0.1, 0.15) is 5.75 Å². The van der Waals surface area contributed by atoms with Crippen LogP contribution in [0.2, 0.25) is 0 Å². The normalized spacial score (nSPS) is 14.8. The molecule has 3 aromatic carbocycles. The van der Waals surface area contributed by atoms with E-state index in [1.165, 1.54) is 4.90 Å². The summed E-state index contributed by atoms with van der Waals surface area (Å²) in [5.41, 5.74) is 4.65. The number of imide groups is 1. The van der Waals surface area contributed by atoms with E-state index in [2.05, 4.69) is 0 Å². The number of fused-ring (bicyclic) bond motifs is 1. The Balaban J connectivity index is 1.76. The van der Waals surface area contributed by atoms with E-state index in [0.717, 1.165) is 22.4 Å². The van der Waals surface area contributed by atoms with E-state index in [0.29, 0.717) is 16.7 Å². The highest BCUT2D eigenvalue weighted by atomic mass is 16.5. The minimum absolute atomic E-state index is 0.209. The maximum Gasteiger partial charge on any atom is 0.261 e. The Morgan fingerprint density at radius 3 is 2.28 bits per heavy atom. The van der Waals surface area contributed by atoms with Crippen molar-refractivity contribution in [2.24, 2.45) is 0 Å². The van der Waals surface area contributed by atoms with Crippen LogP contribution in [-0.4, -0.2) is 23.8 Å². The van der Waals surface area contributed by atoms with Gasteiger partial charge in [-0.25, -0.2) is 0 Å². The fourth-order valence-corrected chi connectivity index (χ4v) is 3.53. The van der Waals surface area contributed by atoms with Crippen molar-refractivity contribution in [2.45, 2.75) is 13.5 Å². The summed E-state index contributed by atoms with van der Waals surface area (Å²) in [6.07, 6.45) is 1.86. The first-order valence-electron chi connectivity index (χ1n) is 9.44. The fraction of sp³-hybridized carbons (Fsp3) is 0.120. The van der Waals surface area contributed by atoms with Gasteiger partial charge in [-0.2, -0.15) is 0 Å². The number of hydrogen-bond acceptors (Lipinski definition) is 3. The predicted molar refractivity (Wildman–Crippen MR) is 113 cm³/mol. The van der Waals surface area contributed by atoms with Crippen LogP contribution in [0.4, 0.5) is 0 Å². The monoisotopic (exact) mass is 383 g/mol. The minimum Gasteiger partial charge on any atom is -0.497 e. The van der Waals surface area contributed by atoms with Gasteiger partial charge in [0.15, 0.2) is 0 Å². The van der Waals surface area contributed by atoms with Crippen LogP contribution in [0, 0.1) is 6.92 Å². The SMILES string of the molecule is COc1ccc(CN2C(=O)C(=Cc3cccc(C)c3)c3ccccc3C2=O)cc1. The van der Waals surface area contributed by atoms with Crippen molar-refractivity contribution < 1.29 is 14.3 Å². The molecular weight excluding hydrogens is 362 g/mol. The Labute approximate surface area is 170 Å². The third-order valence-electron chi connectivity index (χ3n) is 5.02. The number of ether oxygens (including phenoxy) is 1. The van der Waals surface area contributed by atoms with Gasteiger partial charge in [-0.3, -0.25) is 14.5 Å². The van der Waals surface area contributed by atoms with Gasteiger partial charge in [0, 0.05) is 11.1 Å². The zero-order valence-electron chi connectivity index (χ0n) is 16.4. The van der Waals surface area contributed by atoms with E-state index in [9.17, 15) is 9.59 Å². The van der Waals surface area contributed by atoms with E-state index < -0.39 is 0 Å². The smallest absolute Gasteiger partial charge is 0.261 e. The molecule has 0 saturated carbocycles. The second-order valence-electron chi connectivity index (χ2n) is 7.06. The van der Waals surface area contributed by atoms with Crippen molar-refractivity contribution in [1.29, 1.82) is 0 Å². The summed E-state index contributed by atoms with van der Waals surface area (Å²) < 4.78 is 5.18. The second kappa shape index (κ2) is 7.76. The summed E-state index contributed by atoms with van der Waals surface area (Å²) >= 11 is 0. The average Bonchev–Trinajstić information content (AvgIpc) is 2.75. The highest BCUT2D eigenvalue weighted by molar-refractivity contribution is 6.33. The van der Waals surface area contributed by atoms with Gasteiger partial charge in [0.25, 0.3) is 11.8 Å². The minimum atomic E-state index is -0.286. The molecule has 1 aliphatic heterocycles. The first kappa shape index (κ1) is 18.7. The van der Waals surface area contributed by atoms with Gasteiger partial charge >= 0.3 is 0 Å². The highest BCUT2D eigenvalue weighted by Crippen LogP contribution is 2.31. The number of nitrogens with zero attached hydrogens (tertiary/aromatic N) is 1. The number of aryl methyl sites for hydroxylation is 1. The lowest BCUT2D eigenvalue weighted by Gasteiger charge is -2.29. The van der Waals surface area contributed by atoms with Crippen molar-refractivity contribution in [1.82, 2.24) is 4.90 Å². The third-order valence-corrected chi connectivity index (χ3v) is 5.02. The predicted octanol–water partition coefficient (Wildman–Crippen LogP) is 4.73. The van der Waals surface area contributed by atoms with Crippen LogP contribution in [0.15, 0.2) is 72.8 Å². The number of carbonyl (C=O) groups excluding carboxylic acids is 2. The summed E-state index contributed by atoms with van der Waals surface area (Å²) in [4.78, 5) is 27.7. The molecule has 0 N–H and O–H groups in total. The van der Waals surface area contributed by atoms with Crippen molar-refractivity contribution >= 4 is 23.5 Å². The second-order valence-corrected chi connectivity index (χ2v) is 7.06. The summed E-state index contributed by atoms with van der Waals surface area (Å²) in [7, 11) is 1.60. The molecule has 2 amide bonds. The van der Waals surface area contributed by atoms with Crippen LogP contribution in [0.5, 0.6) is 5.75 Å². The molecule has 0 fully saturated rings. The molecule has 0 aromatic heterocycles. The highest BCUT2D eigenvalue weighted by Gasteiger charge is 2.34. The number of benzene rings is 3. The molecule has 1 heterocycles. The Hall–Kier alpha value is -3.66. The van der Waals surface area contributed by atoms with Gasteiger partial charge in [0.05, 0.1) is 13.7 Å². The fourth-order valence-electron chi connectivity index (χ4n) is 3.53. The number of methoxy groups -OCH3 is 1. The topological polar surface area (TPSA) is 46.6 Å². The van der Waals surface area contributed by atoms with Gasteiger partial charge in [-0.05, 0) is 47.9 Å². The first-order chi connectivity index (χ1) is 14.1. The van der Waals surface area contributed by atoms with Crippen molar-refractivity contribution in [3.63, 3.8) is 0 Å². The van der Waals surface area contributed by atoms with E-state index in [4.69, 9.17) is 4.74 Å². The Kier molecular flexibility index (Phi) is 5.00. The zero-order valence-corrected chi connectivity index (χ0v) is 16.4. The van der Waals surface area contributed by atoms with Crippen LogP contribution < -0.4 is 4.74 Å². The maximum absolute atomic E-state index is 13.3. The van der Waals surface area contributed by atoms with Crippen LogP contribution >= 0.6 is 0 Å². The number of amides is 2. The zero-order chi connectivity index (χ0) is 20.4. The van der Waals surface area contributed by atoms with Gasteiger partial charge in [-0.1, -0.05) is 60.2 Å². The molecule has 4 heteroatoms. The molecule has 3 aromatic rings. The summed E-state index contributed by atoms with van der Waals surface area (Å²) in [5, 5.41) is 0. The molecule has 0 unspecified atom stereocenters. The molecule has 4 rings (SSSR count). The molecule has 144 valence electrons. The maximum atomic E-state index is 13.3. The standard InChI is InChI=1S/C25H21NO3/c1-17-6-5-7-19(14-17)15-23-21-8-3-4-9-22(21)24(27)26(25(23)28)16-18-10-12-20(29-2)13-11-18/h3-15H,16H2,1-2H3. The van der Waals surface area contributed by atoms with E-state index in [1.807, 2.05) is 79.7 Å². The quantitative estimate of drug-likeness (QED) is 0.483. The molecule has 29 heavy (non-hydrogen) atoms. The largest absolute Gasteiger partial charge is 0.497 e.